The molecule has 5 aliphatic rings. The molecule has 5 rings (SSSR count). The van der Waals surface area contributed by atoms with Crippen molar-refractivity contribution in [1.82, 2.24) is 0 Å². The fourth-order valence-electron chi connectivity index (χ4n) is 8.16. The lowest BCUT2D eigenvalue weighted by Crippen LogP contribution is -2.57. The van der Waals surface area contributed by atoms with Crippen molar-refractivity contribution in [3.63, 3.8) is 0 Å². The second-order valence-corrected chi connectivity index (χ2v) is 11.5. The molecule has 2 bridgehead atoms. The molecule has 1 aliphatic heterocycles. The van der Waals surface area contributed by atoms with E-state index in [2.05, 4.69) is 6.92 Å². The molecule has 1 saturated heterocycles. The van der Waals surface area contributed by atoms with Gasteiger partial charge in [0.1, 0.15) is 6.61 Å². The zero-order chi connectivity index (χ0) is 22.1. The van der Waals surface area contributed by atoms with E-state index in [0.29, 0.717) is 25.7 Å². The predicted octanol–water partition coefficient (Wildman–Crippen LogP) is 1.80. The van der Waals surface area contributed by atoms with Crippen LogP contribution in [0.3, 0.4) is 0 Å². The van der Waals surface area contributed by atoms with Gasteiger partial charge in [0.05, 0.1) is 11.9 Å². The van der Waals surface area contributed by atoms with Gasteiger partial charge in [-0.15, -0.1) is 11.8 Å². The average Bonchev–Trinajstić information content (AvgIpc) is 3.25. The lowest BCUT2D eigenvalue weighted by molar-refractivity contribution is -0.160. The number of carboxylic acid groups (broad SMARTS) is 1. The smallest absolute Gasteiger partial charge is 0.313 e. The van der Waals surface area contributed by atoms with Crippen LogP contribution in [0.1, 0.15) is 45.4 Å². The number of aliphatic hydroxyl groups is 2. The number of carbonyl (C=O) groups excluding carboxylic acids is 2. The second-order valence-electron chi connectivity index (χ2n) is 10.3. The molecule has 0 aromatic heterocycles. The van der Waals surface area contributed by atoms with E-state index in [9.17, 15) is 29.7 Å². The molecule has 4 fully saturated rings. The molecule has 0 radical (unpaired) electrons. The number of Topliss-reactive ketones (excluding diaryl/α,β-unsaturated/α-hetero) is 1. The van der Waals surface area contributed by atoms with Crippen molar-refractivity contribution in [1.29, 1.82) is 0 Å². The summed E-state index contributed by atoms with van der Waals surface area (Å²) in [6, 6.07) is 0. The van der Waals surface area contributed by atoms with Gasteiger partial charge in [0.2, 0.25) is 0 Å². The first kappa shape index (κ1) is 21.6. The van der Waals surface area contributed by atoms with Gasteiger partial charge < -0.3 is 20.1 Å². The van der Waals surface area contributed by atoms with Crippen LogP contribution in [0.15, 0.2) is 11.6 Å². The summed E-state index contributed by atoms with van der Waals surface area (Å²) in [5, 5.41) is 29.8. The maximum absolute atomic E-state index is 12.6. The molecule has 7 nitrogen and oxygen atoms in total. The van der Waals surface area contributed by atoms with Crippen LogP contribution in [0.4, 0.5) is 0 Å². The fraction of sp³-hybridized carbons (Fsp3) is 0.783. The minimum absolute atomic E-state index is 0.0202. The SMILES string of the molecule is C[C@]12CCC(=O)C=C1C(SCC(=O)O)C[C@@H]1[C@@H]2[C@H]2C[C@]3(C(O)O2)[C@@H](C(=O)CO)CC[C@@H]13. The van der Waals surface area contributed by atoms with E-state index in [1.54, 1.807) is 6.08 Å². The Balaban J connectivity index is 1.57. The van der Waals surface area contributed by atoms with Crippen molar-refractivity contribution in [3.05, 3.63) is 11.6 Å². The first-order chi connectivity index (χ1) is 14.7. The molecule has 1 heterocycles. The highest BCUT2D eigenvalue weighted by molar-refractivity contribution is 8.00. The third kappa shape index (κ3) is 2.94. The van der Waals surface area contributed by atoms with Crippen LogP contribution in [-0.2, 0) is 19.1 Å². The highest BCUT2D eigenvalue weighted by Gasteiger charge is 2.72. The van der Waals surface area contributed by atoms with Crippen molar-refractivity contribution in [2.24, 2.45) is 34.5 Å². The van der Waals surface area contributed by atoms with Gasteiger partial charge in [-0.25, -0.2) is 0 Å². The highest BCUT2D eigenvalue weighted by Crippen LogP contribution is 2.71. The van der Waals surface area contributed by atoms with E-state index in [1.165, 1.54) is 11.8 Å². The van der Waals surface area contributed by atoms with Crippen LogP contribution >= 0.6 is 11.8 Å². The lowest BCUT2D eigenvalue weighted by Gasteiger charge is -2.59. The first-order valence-electron chi connectivity index (χ1n) is 11.3. The van der Waals surface area contributed by atoms with Crippen LogP contribution in [0.25, 0.3) is 0 Å². The van der Waals surface area contributed by atoms with Crippen LogP contribution in [-0.4, -0.2) is 62.9 Å². The maximum Gasteiger partial charge on any atom is 0.313 e. The quantitative estimate of drug-likeness (QED) is 0.580. The third-order valence-corrected chi connectivity index (χ3v) is 10.5. The van der Waals surface area contributed by atoms with Crippen LogP contribution in [0, 0.1) is 34.5 Å². The molecule has 170 valence electrons. The van der Waals surface area contributed by atoms with E-state index in [0.717, 1.165) is 18.4 Å². The van der Waals surface area contributed by atoms with Gasteiger partial charge >= 0.3 is 5.97 Å². The molecular formula is C23H30O7S. The van der Waals surface area contributed by atoms with Gasteiger partial charge in [0.15, 0.2) is 17.9 Å². The molecule has 1 spiro atoms. The van der Waals surface area contributed by atoms with E-state index >= 15 is 0 Å². The maximum atomic E-state index is 12.6. The number of thioether (sulfide) groups is 1. The number of rotatable bonds is 5. The van der Waals surface area contributed by atoms with Crippen molar-refractivity contribution in [2.75, 3.05) is 12.4 Å². The number of ketones is 2. The Bertz CT molecular complexity index is 855. The van der Waals surface area contributed by atoms with E-state index < -0.39 is 30.2 Å². The summed E-state index contributed by atoms with van der Waals surface area (Å²) < 4.78 is 6.17. The van der Waals surface area contributed by atoms with Crippen molar-refractivity contribution in [3.8, 4) is 0 Å². The standard InChI is InChI=1S/C23H30O7S/c1-22-5-4-11(25)6-15(22)18(31-10-19(27)28)7-12-13-2-3-14(16(26)9-24)23(13)8-17(20(12)22)30-21(23)29/h6,12-14,17-18,20-21,24,29H,2-5,7-10H2,1H3,(H,27,28)/t12-,13-,14+,17+,18?,20+,21?,22-,23+/m0/s1. The van der Waals surface area contributed by atoms with Crippen LogP contribution < -0.4 is 0 Å². The number of fused-ring (bicyclic) bond motifs is 6. The number of aliphatic hydroxyl groups excluding tert-OH is 2. The number of carboxylic acids is 1. The Morgan fingerprint density at radius 2 is 2.10 bits per heavy atom. The summed E-state index contributed by atoms with van der Waals surface area (Å²) in [6.07, 6.45) is 4.49. The fourth-order valence-corrected chi connectivity index (χ4v) is 9.38. The summed E-state index contributed by atoms with van der Waals surface area (Å²) in [6.45, 7) is 1.66. The zero-order valence-electron chi connectivity index (χ0n) is 17.7. The normalized spacial score (nSPS) is 47.9. The number of aliphatic carboxylic acids is 1. The molecule has 0 aromatic rings. The van der Waals surface area contributed by atoms with Gasteiger partial charge in [0, 0.05) is 23.0 Å². The molecular weight excluding hydrogens is 420 g/mol. The monoisotopic (exact) mass is 450 g/mol. The van der Waals surface area contributed by atoms with Gasteiger partial charge in [-0.3, -0.25) is 14.4 Å². The Morgan fingerprint density at radius 3 is 2.81 bits per heavy atom. The van der Waals surface area contributed by atoms with E-state index in [4.69, 9.17) is 4.74 Å². The van der Waals surface area contributed by atoms with Crippen molar-refractivity contribution < 1.29 is 34.4 Å². The largest absolute Gasteiger partial charge is 0.481 e. The Hall–Kier alpha value is -1.22. The Labute approximate surface area is 185 Å². The van der Waals surface area contributed by atoms with Crippen LogP contribution in [0.2, 0.25) is 0 Å². The minimum Gasteiger partial charge on any atom is -0.481 e. The molecule has 3 N–H and O–H groups in total. The van der Waals surface area contributed by atoms with Gasteiger partial charge in [0.25, 0.3) is 0 Å². The molecule has 31 heavy (non-hydrogen) atoms. The number of hydrogen-bond acceptors (Lipinski definition) is 7. The van der Waals surface area contributed by atoms with E-state index in [1.807, 2.05) is 0 Å². The second kappa shape index (κ2) is 7.40. The van der Waals surface area contributed by atoms with Gasteiger partial charge in [-0.05, 0) is 66.9 Å². The van der Waals surface area contributed by atoms with Gasteiger partial charge in [-0.1, -0.05) is 6.92 Å². The Kier molecular flexibility index (Phi) is 5.16. The summed E-state index contributed by atoms with van der Waals surface area (Å²) >= 11 is 1.38. The average molecular weight is 451 g/mol. The number of ether oxygens (including phenoxy) is 1. The summed E-state index contributed by atoms with van der Waals surface area (Å²) in [7, 11) is 0. The van der Waals surface area contributed by atoms with Crippen molar-refractivity contribution in [2.45, 2.75) is 63.1 Å². The topological polar surface area (TPSA) is 121 Å². The molecule has 0 amide bonds. The zero-order valence-corrected chi connectivity index (χ0v) is 18.5. The van der Waals surface area contributed by atoms with Crippen molar-refractivity contribution >= 4 is 29.3 Å². The minimum atomic E-state index is -1.03. The first-order valence-corrected chi connectivity index (χ1v) is 12.3. The lowest BCUT2D eigenvalue weighted by atomic mass is 9.46. The number of hydrogen-bond donors (Lipinski definition) is 3. The van der Waals surface area contributed by atoms with E-state index in [-0.39, 0.29) is 51.8 Å². The molecule has 9 atom stereocenters. The summed E-state index contributed by atoms with van der Waals surface area (Å²) in [4.78, 5) is 36.2. The summed E-state index contributed by atoms with van der Waals surface area (Å²) in [5.41, 5.74) is 0.0950. The Morgan fingerprint density at radius 1 is 1.32 bits per heavy atom. The predicted molar refractivity (Wildman–Crippen MR) is 112 cm³/mol. The van der Waals surface area contributed by atoms with Crippen LogP contribution in [0.5, 0.6) is 0 Å². The third-order valence-electron chi connectivity index (χ3n) is 9.19. The van der Waals surface area contributed by atoms with Gasteiger partial charge in [-0.2, -0.15) is 0 Å². The molecule has 3 saturated carbocycles. The summed E-state index contributed by atoms with van der Waals surface area (Å²) in [5.74, 6) is -0.994. The molecule has 4 aliphatic carbocycles. The molecule has 2 unspecified atom stereocenters. The molecule has 8 heteroatoms. The highest BCUT2D eigenvalue weighted by atomic mass is 32.2. The molecule has 0 aromatic carbocycles. The number of carbonyl (C=O) groups is 3.